The van der Waals surface area contributed by atoms with E-state index in [9.17, 15) is 13.2 Å². The maximum absolute atomic E-state index is 10.9. The molecule has 0 saturated carbocycles. The fraction of sp³-hybridized carbons (Fsp3) is 0.125. The highest BCUT2D eigenvalue weighted by Gasteiger charge is 2.15. The van der Waals surface area contributed by atoms with Gasteiger partial charge >= 0.3 is 0 Å². The first-order chi connectivity index (χ1) is 6.86. The van der Waals surface area contributed by atoms with Crippen molar-refractivity contribution in [3.05, 3.63) is 23.8 Å². The van der Waals surface area contributed by atoms with Gasteiger partial charge in [-0.3, -0.25) is 9.35 Å². The van der Waals surface area contributed by atoms with Crippen molar-refractivity contribution < 1.29 is 22.5 Å². The summed E-state index contributed by atoms with van der Waals surface area (Å²) in [5.74, 6) is -0.688. The van der Waals surface area contributed by atoms with E-state index in [1.807, 2.05) is 0 Å². The fourth-order valence-corrected chi connectivity index (χ4v) is 1.55. The summed E-state index contributed by atoms with van der Waals surface area (Å²) in [7, 11) is -3.03. The second-order valence-corrected chi connectivity index (χ2v) is 4.12. The quantitative estimate of drug-likeness (QED) is 0.714. The molecule has 0 aromatic heterocycles. The number of nitrogens with two attached hydrogens (primary N) is 1. The van der Waals surface area contributed by atoms with Crippen LogP contribution in [0, 0.1) is 0 Å². The molecule has 0 saturated heterocycles. The predicted octanol–water partition coefficient (Wildman–Crippen LogP) is 0.0408. The number of hydrogen-bond donors (Lipinski definition) is 2. The molecule has 0 aliphatic heterocycles. The summed E-state index contributed by atoms with van der Waals surface area (Å²) in [6, 6.07) is 3.31. The predicted molar refractivity (Wildman–Crippen MR) is 51.3 cm³/mol. The van der Waals surface area contributed by atoms with Gasteiger partial charge < -0.3 is 10.5 Å². The summed E-state index contributed by atoms with van der Waals surface area (Å²) >= 11 is 0. The van der Waals surface area contributed by atoms with E-state index in [0.717, 1.165) is 12.1 Å². The van der Waals surface area contributed by atoms with Gasteiger partial charge in [0.05, 0.1) is 17.6 Å². The Morgan fingerprint density at radius 1 is 1.47 bits per heavy atom. The minimum absolute atomic E-state index is 0.104. The molecule has 82 valence electrons. The molecule has 1 amide bonds. The van der Waals surface area contributed by atoms with Crippen molar-refractivity contribution in [2.75, 3.05) is 7.11 Å². The summed E-state index contributed by atoms with van der Waals surface area (Å²) in [4.78, 5) is 10.5. The Balaban J connectivity index is 3.42. The average molecular weight is 231 g/mol. The molecule has 1 rings (SSSR count). The van der Waals surface area contributed by atoms with E-state index in [0.29, 0.717) is 0 Å². The van der Waals surface area contributed by atoms with E-state index in [1.54, 1.807) is 0 Å². The first-order valence-corrected chi connectivity index (χ1v) is 5.25. The lowest BCUT2D eigenvalue weighted by Crippen LogP contribution is -2.13. The first kappa shape index (κ1) is 11.5. The van der Waals surface area contributed by atoms with Crippen LogP contribution in [0.15, 0.2) is 23.1 Å². The van der Waals surface area contributed by atoms with Crippen molar-refractivity contribution in [3.8, 4) is 5.75 Å². The largest absolute Gasteiger partial charge is 0.496 e. The third kappa shape index (κ3) is 2.45. The summed E-state index contributed by atoms with van der Waals surface area (Å²) in [6.45, 7) is 0. The van der Waals surface area contributed by atoms with Gasteiger partial charge in [0.15, 0.2) is 0 Å². The van der Waals surface area contributed by atoms with Crippen molar-refractivity contribution in [2.45, 2.75) is 4.90 Å². The van der Waals surface area contributed by atoms with Crippen molar-refractivity contribution in [1.29, 1.82) is 0 Å². The second-order valence-electron chi connectivity index (χ2n) is 2.70. The number of primary amides is 1. The van der Waals surface area contributed by atoms with Crippen LogP contribution in [0.1, 0.15) is 10.4 Å². The Labute approximate surface area is 86.4 Å². The lowest BCUT2D eigenvalue weighted by atomic mass is 10.2. The first-order valence-electron chi connectivity index (χ1n) is 3.81. The van der Waals surface area contributed by atoms with Crippen LogP contribution in [-0.2, 0) is 10.1 Å². The number of rotatable bonds is 3. The topological polar surface area (TPSA) is 107 Å². The summed E-state index contributed by atoms with van der Waals surface area (Å²) < 4.78 is 35.1. The van der Waals surface area contributed by atoms with Gasteiger partial charge in [0.25, 0.3) is 16.0 Å². The summed E-state index contributed by atoms with van der Waals surface area (Å²) in [6.07, 6.45) is 0. The van der Waals surface area contributed by atoms with E-state index < -0.39 is 20.9 Å². The maximum atomic E-state index is 10.9. The highest BCUT2D eigenvalue weighted by atomic mass is 32.2. The molecule has 0 radical (unpaired) electrons. The smallest absolute Gasteiger partial charge is 0.294 e. The second kappa shape index (κ2) is 3.87. The van der Waals surface area contributed by atoms with E-state index in [2.05, 4.69) is 0 Å². The highest BCUT2D eigenvalue weighted by molar-refractivity contribution is 7.85. The van der Waals surface area contributed by atoms with Crippen LogP contribution in [0.4, 0.5) is 0 Å². The van der Waals surface area contributed by atoms with Crippen molar-refractivity contribution in [3.63, 3.8) is 0 Å². The molecule has 6 nitrogen and oxygen atoms in total. The summed E-state index contributed by atoms with van der Waals surface area (Å²) in [5, 5.41) is 0. The molecule has 0 spiro atoms. The van der Waals surface area contributed by atoms with Gasteiger partial charge in [-0.05, 0) is 18.2 Å². The van der Waals surface area contributed by atoms with Crippen LogP contribution in [-0.4, -0.2) is 26.0 Å². The van der Waals surface area contributed by atoms with Crippen molar-refractivity contribution >= 4 is 16.0 Å². The number of hydrogen-bond acceptors (Lipinski definition) is 4. The SMILES string of the molecule is COc1ccc(S(=O)(=O)O)cc1C(N)=O. The molecule has 0 heterocycles. The van der Waals surface area contributed by atoms with Gasteiger partial charge in [-0.25, -0.2) is 0 Å². The highest BCUT2D eigenvalue weighted by Crippen LogP contribution is 2.21. The lowest BCUT2D eigenvalue weighted by molar-refractivity contribution is 0.0997. The normalized spacial score (nSPS) is 11.1. The van der Waals surface area contributed by atoms with Crippen LogP contribution in [0.2, 0.25) is 0 Å². The van der Waals surface area contributed by atoms with E-state index in [1.165, 1.54) is 13.2 Å². The fourth-order valence-electron chi connectivity index (χ4n) is 1.04. The Kier molecular flexibility index (Phi) is 2.96. The Hall–Kier alpha value is -1.60. The minimum atomic E-state index is -4.35. The maximum Gasteiger partial charge on any atom is 0.294 e. The molecule has 15 heavy (non-hydrogen) atoms. The van der Waals surface area contributed by atoms with Crippen molar-refractivity contribution in [2.24, 2.45) is 5.73 Å². The molecule has 1 aromatic carbocycles. The van der Waals surface area contributed by atoms with E-state index in [-0.39, 0.29) is 11.3 Å². The average Bonchev–Trinajstić information content (AvgIpc) is 2.15. The molecule has 0 fully saturated rings. The van der Waals surface area contributed by atoms with Crippen LogP contribution >= 0.6 is 0 Å². The molecular weight excluding hydrogens is 222 g/mol. The number of carbonyl (C=O) groups excluding carboxylic acids is 1. The van der Waals surface area contributed by atoms with Gasteiger partial charge in [-0.15, -0.1) is 0 Å². The zero-order valence-corrected chi connectivity index (χ0v) is 8.61. The van der Waals surface area contributed by atoms with Crippen LogP contribution < -0.4 is 10.5 Å². The molecule has 0 unspecified atom stereocenters. The third-order valence-corrected chi connectivity index (χ3v) is 2.58. The Bertz CT molecular complexity index is 494. The molecule has 0 aliphatic carbocycles. The minimum Gasteiger partial charge on any atom is -0.496 e. The summed E-state index contributed by atoms with van der Waals surface area (Å²) in [5.41, 5.74) is 4.90. The van der Waals surface area contributed by atoms with Gasteiger partial charge in [0.2, 0.25) is 0 Å². The van der Waals surface area contributed by atoms with Gasteiger partial charge in [-0.1, -0.05) is 0 Å². The molecule has 0 aliphatic rings. The molecule has 3 N–H and O–H groups in total. The molecular formula is C8H9NO5S. The van der Waals surface area contributed by atoms with Gasteiger partial charge in [0, 0.05) is 0 Å². The molecule has 1 aromatic rings. The lowest BCUT2D eigenvalue weighted by Gasteiger charge is -2.06. The van der Waals surface area contributed by atoms with Gasteiger partial charge in [-0.2, -0.15) is 8.42 Å². The monoisotopic (exact) mass is 231 g/mol. The van der Waals surface area contributed by atoms with E-state index >= 15 is 0 Å². The standard InChI is InChI=1S/C8H9NO5S/c1-14-7-3-2-5(15(11,12)13)4-6(7)8(9)10/h2-4H,1H3,(H2,9,10)(H,11,12,13). The van der Waals surface area contributed by atoms with Crippen LogP contribution in [0.5, 0.6) is 5.75 Å². The van der Waals surface area contributed by atoms with Crippen LogP contribution in [0.25, 0.3) is 0 Å². The number of benzene rings is 1. The molecule has 7 heteroatoms. The van der Waals surface area contributed by atoms with Gasteiger partial charge in [0.1, 0.15) is 5.75 Å². The Morgan fingerprint density at radius 2 is 2.07 bits per heavy atom. The third-order valence-electron chi connectivity index (χ3n) is 1.73. The molecule has 0 atom stereocenters. The molecule has 0 bridgehead atoms. The Morgan fingerprint density at radius 3 is 2.47 bits per heavy atom. The van der Waals surface area contributed by atoms with E-state index in [4.69, 9.17) is 15.0 Å². The number of carbonyl (C=O) groups is 1. The zero-order chi connectivity index (χ0) is 11.6. The zero-order valence-electron chi connectivity index (χ0n) is 7.80. The number of amides is 1. The number of ether oxygens (including phenoxy) is 1. The number of methoxy groups -OCH3 is 1. The van der Waals surface area contributed by atoms with Crippen LogP contribution in [0.3, 0.4) is 0 Å². The van der Waals surface area contributed by atoms with Crippen molar-refractivity contribution in [1.82, 2.24) is 0 Å².